The zero-order chi connectivity index (χ0) is 9.23. The summed E-state index contributed by atoms with van der Waals surface area (Å²) in [5, 5.41) is 0. The fraction of sp³-hybridized carbons (Fsp3) is 1.00. The van der Waals surface area contributed by atoms with E-state index in [1.807, 2.05) is 0 Å². The molecule has 12 heavy (non-hydrogen) atoms. The smallest absolute Gasteiger partial charge is 0.0700 e. The number of hydrogen-bond donors (Lipinski definition) is 0. The molecule has 0 aliphatic rings. The van der Waals surface area contributed by atoms with Gasteiger partial charge in [-0.3, -0.25) is 0 Å². The molecule has 0 fully saturated rings. The van der Waals surface area contributed by atoms with Crippen molar-refractivity contribution in [2.75, 3.05) is 26.4 Å². The van der Waals surface area contributed by atoms with Crippen molar-refractivity contribution >= 4 is 0 Å². The highest BCUT2D eigenvalue weighted by Gasteiger charge is 1.97. The maximum atomic E-state index is 5.41. The Kier molecular flexibility index (Phi) is 8.95. The molecule has 0 spiro atoms. The van der Waals surface area contributed by atoms with E-state index in [1.165, 1.54) is 6.42 Å². The third kappa shape index (κ3) is 8.02. The molecule has 0 amide bonds. The van der Waals surface area contributed by atoms with Crippen molar-refractivity contribution in [3.8, 4) is 0 Å². The van der Waals surface area contributed by atoms with Crippen molar-refractivity contribution < 1.29 is 9.47 Å². The van der Waals surface area contributed by atoms with E-state index < -0.39 is 0 Å². The summed E-state index contributed by atoms with van der Waals surface area (Å²) in [5.74, 6) is 0.677. The van der Waals surface area contributed by atoms with Gasteiger partial charge in [0.05, 0.1) is 13.2 Å². The zero-order valence-electron chi connectivity index (χ0n) is 8.64. The van der Waals surface area contributed by atoms with Crippen molar-refractivity contribution in [1.82, 2.24) is 0 Å². The van der Waals surface area contributed by atoms with Crippen LogP contribution in [-0.4, -0.2) is 26.4 Å². The van der Waals surface area contributed by atoms with Gasteiger partial charge in [0.1, 0.15) is 0 Å². The highest BCUT2D eigenvalue weighted by atomic mass is 16.5. The lowest BCUT2D eigenvalue weighted by Gasteiger charge is -2.09. The first-order valence-electron chi connectivity index (χ1n) is 4.96. The van der Waals surface area contributed by atoms with Crippen LogP contribution in [0.2, 0.25) is 0 Å². The number of rotatable bonds is 8. The first-order valence-corrected chi connectivity index (χ1v) is 4.96. The van der Waals surface area contributed by atoms with Gasteiger partial charge in [0, 0.05) is 13.2 Å². The lowest BCUT2D eigenvalue weighted by Crippen LogP contribution is -2.10. The van der Waals surface area contributed by atoms with Crippen LogP contribution in [-0.2, 0) is 9.47 Å². The summed E-state index contributed by atoms with van der Waals surface area (Å²) < 4.78 is 10.7. The number of hydrogen-bond acceptors (Lipinski definition) is 2. The largest absolute Gasteiger partial charge is 0.379 e. The molecule has 0 heterocycles. The fourth-order valence-electron chi connectivity index (χ4n) is 0.767. The van der Waals surface area contributed by atoms with Crippen molar-refractivity contribution in [3.05, 3.63) is 0 Å². The normalized spacial score (nSPS) is 13.2. The van der Waals surface area contributed by atoms with Crippen LogP contribution in [0.15, 0.2) is 0 Å². The SMILES string of the molecule is CCCOCCOCC(C)CC. The summed E-state index contributed by atoms with van der Waals surface area (Å²) in [6, 6.07) is 0. The third-order valence-electron chi connectivity index (χ3n) is 1.82. The van der Waals surface area contributed by atoms with Gasteiger partial charge in [-0.15, -0.1) is 0 Å². The first kappa shape index (κ1) is 11.9. The Morgan fingerprint density at radius 1 is 1.00 bits per heavy atom. The maximum absolute atomic E-state index is 5.41. The van der Waals surface area contributed by atoms with Gasteiger partial charge in [0.15, 0.2) is 0 Å². The molecule has 0 saturated heterocycles. The summed E-state index contributed by atoms with van der Waals surface area (Å²) in [6.45, 7) is 9.70. The topological polar surface area (TPSA) is 18.5 Å². The molecule has 0 bridgehead atoms. The van der Waals surface area contributed by atoms with Gasteiger partial charge in [-0.1, -0.05) is 27.2 Å². The van der Waals surface area contributed by atoms with Crippen LogP contribution in [0.25, 0.3) is 0 Å². The molecule has 0 aromatic rings. The van der Waals surface area contributed by atoms with E-state index in [-0.39, 0.29) is 0 Å². The Morgan fingerprint density at radius 2 is 1.67 bits per heavy atom. The van der Waals surface area contributed by atoms with Gasteiger partial charge >= 0.3 is 0 Å². The molecule has 0 rings (SSSR count). The Labute approximate surface area is 76.3 Å². The number of ether oxygens (including phenoxy) is 2. The molecule has 74 valence electrons. The summed E-state index contributed by atoms with van der Waals surface area (Å²) in [5.41, 5.74) is 0. The van der Waals surface area contributed by atoms with Crippen LogP contribution in [0.1, 0.15) is 33.6 Å². The molecule has 0 radical (unpaired) electrons. The molecular weight excluding hydrogens is 152 g/mol. The predicted molar refractivity (Wildman–Crippen MR) is 51.4 cm³/mol. The predicted octanol–water partition coefficient (Wildman–Crippen LogP) is 2.48. The van der Waals surface area contributed by atoms with E-state index in [1.54, 1.807) is 0 Å². The Bertz CT molecular complexity index is 83.9. The molecule has 2 nitrogen and oxygen atoms in total. The van der Waals surface area contributed by atoms with Crippen LogP contribution in [0, 0.1) is 5.92 Å². The molecule has 2 heteroatoms. The molecule has 0 saturated carbocycles. The van der Waals surface area contributed by atoms with Crippen LogP contribution in [0.4, 0.5) is 0 Å². The molecule has 0 aromatic carbocycles. The Balaban J connectivity index is 2.90. The van der Waals surface area contributed by atoms with E-state index >= 15 is 0 Å². The highest BCUT2D eigenvalue weighted by molar-refractivity contribution is 4.45. The lowest BCUT2D eigenvalue weighted by atomic mass is 10.1. The van der Waals surface area contributed by atoms with Crippen molar-refractivity contribution in [2.45, 2.75) is 33.6 Å². The van der Waals surface area contributed by atoms with Gasteiger partial charge in [0.2, 0.25) is 0 Å². The third-order valence-corrected chi connectivity index (χ3v) is 1.82. The quantitative estimate of drug-likeness (QED) is 0.526. The van der Waals surface area contributed by atoms with E-state index in [4.69, 9.17) is 9.47 Å². The van der Waals surface area contributed by atoms with Gasteiger partial charge in [-0.05, 0) is 12.3 Å². The second-order valence-corrected chi connectivity index (χ2v) is 3.20. The maximum Gasteiger partial charge on any atom is 0.0700 e. The standard InChI is InChI=1S/C10H22O2/c1-4-6-11-7-8-12-9-10(3)5-2/h10H,4-9H2,1-3H3. The first-order chi connectivity index (χ1) is 5.81. The van der Waals surface area contributed by atoms with Gasteiger partial charge in [-0.2, -0.15) is 0 Å². The van der Waals surface area contributed by atoms with Gasteiger partial charge in [-0.25, -0.2) is 0 Å². The lowest BCUT2D eigenvalue weighted by molar-refractivity contribution is 0.0354. The molecule has 1 atom stereocenters. The summed E-state index contributed by atoms with van der Waals surface area (Å²) in [4.78, 5) is 0. The summed E-state index contributed by atoms with van der Waals surface area (Å²) in [6.07, 6.45) is 2.28. The van der Waals surface area contributed by atoms with E-state index in [9.17, 15) is 0 Å². The van der Waals surface area contributed by atoms with Gasteiger partial charge in [0.25, 0.3) is 0 Å². The minimum atomic E-state index is 0.677. The Morgan fingerprint density at radius 3 is 2.25 bits per heavy atom. The van der Waals surface area contributed by atoms with Crippen LogP contribution in [0.3, 0.4) is 0 Å². The zero-order valence-corrected chi connectivity index (χ0v) is 8.64. The van der Waals surface area contributed by atoms with E-state index in [0.717, 1.165) is 32.8 Å². The molecule has 0 N–H and O–H groups in total. The molecule has 1 unspecified atom stereocenters. The summed E-state index contributed by atoms with van der Waals surface area (Å²) >= 11 is 0. The monoisotopic (exact) mass is 174 g/mol. The summed E-state index contributed by atoms with van der Waals surface area (Å²) in [7, 11) is 0. The molecule has 0 aliphatic carbocycles. The second-order valence-electron chi connectivity index (χ2n) is 3.20. The minimum absolute atomic E-state index is 0.677. The average Bonchev–Trinajstić information content (AvgIpc) is 2.10. The highest BCUT2D eigenvalue weighted by Crippen LogP contribution is 1.99. The average molecular weight is 174 g/mol. The van der Waals surface area contributed by atoms with Gasteiger partial charge < -0.3 is 9.47 Å². The minimum Gasteiger partial charge on any atom is -0.379 e. The Hall–Kier alpha value is -0.0800. The van der Waals surface area contributed by atoms with Crippen molar-refractivity contribution in [3.63, 3.8) is 0 Å². The van der Waals surface area contributed by atoms with Crippen LogP contribution < -0.4 is 0 Å². The fourth-order valence-corrected chi connectivity index (χ4v) is 0.767. The van der Waals surface area contributed by atoms with E-state index in [0.29, 0.717) is 5.92 Å². The molecule has 0 aromatic heterocycles. The molecular formula is C10H22O2. The van der Waals surface area contributed by atoms with Crippen LogP contribution in [0.5, 0.6) is 0 Å². The van der Waals surface area contributed by atoms with Crippen molar-refractivity contribution in [2.24, 2.45) is 5.92 Å². The van der Waals surface area contributed by atoms with Crippen LogP contribution >= 0.6 is 0 Å². The van der Waals surface area contributed by atoms with E-state index in [2.05, 4.69) is 20.8 Å². The molecule has 0 aliphatic heterocycles. The van der Waals surface area contributed by atoms with Crippen molar-refractivity contribution in [1.29, 1.82) is 0 Å². The second kappa shape index (κ2) is 9.01.